The lowest BCUT2D eigenvalue weighted by Crippen LogP contribution is -2.08. The van der Waals surface area contributed by atoms with Crippen molar-refractivity contribution >= 4 is 25.2 Å². The third-order valence-electron chi connectivity index (χ3n) is 1.68. The van der Waals surface area contributed by atoms with E-state index in [0.29, 0.717) is 16.9 Å². The van der Waals surface area contributed by atoms with E-state index in [-0.39, 0.29) is 0 Å². The summed E-state index contributed by atoms with van der Waals surface area (Å²) in [6, 6.07) is 3.44. The molecule has 4 heteroatoms. The zero-order valence-corrected chi connectivity index (χ0v) is 7.74. The highest BCUT2D eigenvalue weighted by Gasteiger charge is 2.04. The van der Waals surface area contributed by atoms with Crippen LogP contribution in [0.2, 0.25) is 0 Å². The highest BCUT2D eigenvalue weighted by Crippen LogP contribution is 2.21. The van der Waals surface area contributed by atoms with E-state index in [1.54, 1.807) is 32.5 Å². The van der Waals surface area contributed by atoms with Gasteiger partial charge in [-0.15, -0.1) is 0 Å². The maximum absolute atomic E-state index is 5.78. The first-order valence-electron chi connectivity index (χ1n) is 3.84. The van der Waals surface area contributed by atoms with Gasteiger partial charge in [0.15, 0.2) is 0 Å². The fourth-order valence-electron chi connectivity index (χ4n) is 1.09. The zero-order chi connectivity index (χ0) is 9.84. The molecule has 66 valence electrons. The van der Waals surface area contributed by atoms with E-state index in [1.165, 1.54) is 0 Å². The lowest BCUT2D eigenvalue weighted by atomic mass is 9.93. The molecule has 0 saturated heterocycles. The van der Waals surface area contributed by atoms with E-state index in [0.717, 1.165) is 5.56 Å². The SMILES string of the molecule is [B]c1cc(C=NC)c(N)c(OC)c1. The summed E-state index contributed by atoms with van der Waals surface area (Å²) in [5, 5.41) is 0. The summed E-state index contributed by atoms with van der Waals surface area (Å²) in [6.45, 7) is 0. The largest absolute Gasteiger partial charge is 0.495 e. The van der Waals surface area contributed by atoms with Gasteiger partial charge in [-0.3, -0.25) is 4.99 Å². The summed E-state index contributed by atoms with van der Waals surface area (Å²) in [7, 11) is 8.87. The van der Waals surface area contributed by atoms with Gasteiger partial charge in [0.1, 0.15) is 13.6 Å². The second-order valence-corrected chi connectivity index (χ2v) is 2.61. The van der Waals surface area contributed by atoms with Crippen LogP contribution in [0, 0.1) is 0 Å². The molecule has 0 atom stereocenters. The fourth-order valence-corrected chi connectivity index (χ4v) is 1.09. The number of aliphatic imine (C=N–C) groups is 1. The van der Waals surface area contributed by atoms with Crippen LogP contribution in [-0.2, 0) is 0 Å². The molecule has 1 aromatic carbocycles. The number of hydrogen-bond acceptors (Lipinski definition) is 3. The van der Waals surface area contributed by atoms with Crippen molar-refractivity contribution in [2.75, 3.05) is 19.9 Å². The number of hydrogen-bond donors (Lipinski definition) is 1. The standard InChI is InChI=1S/C9H11BN2O/c1-12-5-6-3-7(10)4-8(13-2)9(6)11/h3-5H,11H2,1-2H3. The van der Waals surface area contributed by atoms with Crippen molar-refractivity contribution in [2.45, 2.75) is 0 Å². The van der Waals surface area contributed by atoms with E-state index in [9.17, 15) is 0 Å². The number of nitrogens with two attached hydrogens (primary N) is 1. The Morgan fingerprint density at radius 2 is 2.23 bits per heavy atom. The fraction of sp³-hybridized carbons (Fsp3) is 0.222. The average molecular weight is 174 g/mol. The molecule has 0 aromatic heterocycles. The van der Waals surface area contributed by atoms with E-state index < -0.39 is 0 Å². The van der Waals surface area contributed by atoms with Crippen LogP contribution < -0.4 is 15.9 Å². The number of rotatable bonds is 2. The van der Waals surface area contributed by atoms with Crippen LogP contribution in [0.5, 0.6) is 5.75 Å². The molecule has 0 bridgehead atoms. The van der Waals surface area contributed by atoms with Gasteiger partial charge in [0.05, 0.1) is 12.8 Å². The first-order chi connectivity index (χ1) is 6.19. The van der Waals surface area contributed by atoms with Gasteiger partial charge >= 0.3 is 0 Å². The molecule has 0 aliphatic rings. The van der Waals surface area contributed by atoms with Crippen LogP contribution in [0.15, 0.2) is 17.1 Å². The van der Waals surface area contributed by atoms with Crippen LogP contribution >= 0.6 is 0 Å². The molecule has 2 radical (unpaired) electrons. The van der Waals surface area contributed by atoms with Crippen molar-refractivity contribution in [3.8, 4) is 5.75 Å². The van der Waals surface area contributed by atoms with E-state index in [4.69, 9.17) is 18.3 Å². The predicted octanol–water partition coefficient (Wildman–Crippen LogP) is 0.120. The van der Waals surface area contributed by atoms with Gasteiger partial charge < -0.3 is 10.5 Å². The zero-order valence-electron chi connectivity index (χ0n) is 7.74. The summed E-state index contributed by atoms with van der Waals surface area (Å²) in [5.74, 6) is 0.579. The topological polar surface area (TPSA) is 47.6 Å². The molecule has 0 spiro atoms. The molecule has 0 aliphatic heterocycles. The minimum atomic E-state index is 0.558. The Bertz CT molecular complexity index is 337. The van der Waals surface area contributed by atoms with Crippen LogP contribution in [0.1, 0.15) is 5.56 Å². The Morgan fingerprint density at radius 1 is 1.54 bits per heavy atom. The summed E-state index contributed by atoms with van der Waals surface area (Å²) < 4.78 is 5.05. The summed E-state index contributed by atoms with van der Waals surface area (Å²) in [5.41, 5.74) is 7.72. The second kappa shape index (κ2) is 3.98. The van der Waals surface area contributed by atoms with Gasteiger partial charge in [0.25, 0.3) is 0 Å². The third kappa shape index (κ3) is 2.02. The van der Waals surface area contributed by atoms with Crippen molar-refractivity contribution in [3.05, 3.63) is 17.7 Å². The van der Waals surface area contributed by atoms with E-state index in [1.807, 2.05) is 0 Å². The normalized spacial score (nSPS) is 10.6. The van der Waals surface area contributed by atoms with Gasteiger partial charge in [-0.25, -0.2) is 0 Å². The molecule has 0 amide bonds. The minimum absolute atomic E-state index is 0.558. The molecule has 2 N–H and O–H groups in total. The summed E-state index contributed by atoms with van der Waals surface area (Å²) >= 11 is 0. The number of nitrogen functional groups attached to an aromatic ring is 1. The minimum Gasteiger partial charge on any atom is -0.495 e. The predicted molar refractivity (Wildman–Crippen MR) is 56.3 cm³/mol. The van der Waals surface area contributed by atoms with Crippen LogP contribution in [0.3, 0.4) is 0 Å². The van der Waals surface area contributed by atoms with Crippen LogP contribution in [-0.4, -0.2) is 28.2 Å². The van der Waals surface area contributed by atoms with Gasteiger partial charge in [0.2, 0.25) is 0 Å². The van der Waals surface area contributed by atoms with Gasteiger partial charge in [0, 0.05) is 18.8 Å². The first-order valence-corrected chi connectivity index (χ1v) is 3.84. The second-order valence-electron chi connectivity index (χ2n) is 2.61. The van der Waals surface area contributed by atoms with Gasteiger partial charge in [-0.1, -0.05) is 11.5 Å². The monoisotopic (exact) mass is 174 g/mol. The van der Waals surface area contributed by atoms with Crippen molar-refractivity contribution in [1.82, 2.24) is 0 Å². The maximum Gasteiger partial charge on any atom is 0.141 e. The van der Waals surface area contributed by atoms with Crippen LogP contribution in [0.25, 0.3) is 0 Å². The highest BCUT2D eigenvalue weighted by molar-refractivity contribution is 6.33. The van der Waals surface area contributed by atoms with Crippen molar-refractivity contribution < 1.29 is 4.74 Å². The Morgan fingerprint density at radius 3 is 2.77 bits per heavy atom. The lowest BCUT2D eigenvalue weighted by molar-refractivity contribution is 0.417. The lowest BCUT2D eigenvalue weighted by Gasteiger charge is -2.08. The van der Waals surface area contributed by atoms with Crippen molar-refractivity contribution in [1.29, 1.82) is 0 Å². The Labute approximate surface area is 79.0 Å². The van der Waals surface area contributed by atoms with Gasteiger partial charge in [-0.2, -0.15) is 0 Å². The molecule has 13 heavy (non-hydrogen) atoms. The maximum atomic E-state index is 5.78. The number of nitrogens with zero attached hydrogens (tertiary/aromatic N) is 1. The van der Waals surface area contributed by atoms with E-state index in [2.05, 4.69) is 4.99 Å². The molecule has 3 nitrogen and oxygen atoms in total. The van der Waals surface area contributed by atoms with Crippen LogP contribution in [0.4, 0.5) is 5.69 Å². The first kappa shape index (κ1) is 9.64. The summed E-state index contributed by atoms with van der Waals surface area (Å²) in [4.78, 5) is 3.87. The van der Waals surface area contributed by atoms with Crippen molar-refractivity contribution in [3.63, 3.8) is 0 Å². The molecule has 1 rings (SSSR count). The Balaban J connectivity index is 3.26. The molecule has 0 fully saturated rings. The highest BCUT2D eigenvalue weighted by atomic mass is 16.5. The molecule has 0 aliphatic carbocycles. The molecular formula is C9H11BN2O. The Hall–Kier alpha value is -1.45. The number of anilines is 1. The molecule has 0 unspecified atom stereocenters. The third-order valence-corrected chi connectivity index (χ3v) is 1.68. The van der Waals surface area contributed by atoms with E-state index >= 15 is 0 Å². The average Bonchev–Trinajstić information content (AvgIpc) is 2.11. The summed E-state index contributed by atoms with van der Waals surface area (Å²) in [6.07, 6.45) is 1.65. The molecule has 0 saturated carbocycles. The molecular weight excluding hydrogens is 163 g/mol. The number of methoxy groups -OCH3 is 1. The quantitative estimate of drug-likeness (QED) is 0.393. The number of benzene rings is 1. The number of ether oxygens (including phenoxy) is 1. The van der Waals surface area contributed by atoms with Crippen molar-refractivity contribution in [2.24, 2.45) is 4.99 Å². The molecule has 1 aromatic rings. The Kier molecular flexibility index (Phi) is 2.95. The smallest absolute Gasteiger partial charge is 0.141 e. The molecule has 0 heterocycles. The van der Waals surface area contributed by atoms with Gasteiger partial charge in [-0.05, 0) is 6.07 Å².